The first-order valence-electron chi connectivity index (χ1n) is 13.4. The van der Waals surface area contributed by atoms with E-state index < -0.39 is 94.6 Å². The maximum absolute atomic E-state index is 11.5. The summed E-state index contributed by atoms with van der Waals surface area (Å²) >= 11 is 16.8. The molecular weight excluding hydrogens is 689 g/mol. The number of aliphatic hydroxyl groups is 1. The summed E-state index contributed by atoms with van der Waals surface area (Å²) in [6.45, 7) is 8.16. The van der Waals surface area contributed by atoms with Crippen molar-refractivity contribution in [3.05, 3.63) is 0 Å². The minimum atomic E-state index is -2.20. The van der Waals surface area contributed by atoms with Gasteiger partial charge >= 0.3 is 23.9 Å². The fourth-order valence-electron chi connectivity index (χ4n) is 4.38. The standard InChI is InChI=1S/C14H18Cl3NO8.C12H18O8/c1-6-9(4-22-5-19)25-12(26-13(18)14(15,16)17)11(24-8(3)21)10(6)23-7(2)20;1-6-9(4-17-5-13)20-12(16)11(19-8(3)15)10(6)18-7(2)14/h5-6,9-12,18H,4H2,1-3H3;5-6,9-12,16H,4H2,1-3H3/t6-,9-,10+,11-,12-;6-,9-,10+,11-,12?/m11/s1. The van der Waals surface area contributed by atoms with E-state index in [2.05, 4.69) is 4.74 Å². The van der Waals surface area contributed by atoms with Crippen LogP contribution in [0.1, 0.15) is 41.5 Å². The van der Waals surface area contributed by atoms with Crippen LogP contribution in [-0.2, 0) is 71.4 Å². The molecule has 0 radical (unpaired) electrons. The molecule has 0 aromatic heterocycles. The van der Waals surface area contributed by atoms with Crippen molar-refractivity contribution in [2.45, 2.75) is 94.5 Å². The number of halogens is 3. The van der Waals surface area contributed by atoms with Crippen LogP contribution < -0.4 is 0 Å². The maximum Gasteiger partial charge on any atom is 0.303 e. The quantitative estimate of drug-likeness (QED) is 0.0759. The molecule has 262 valence electrons. The molecule has 0 amide bonds. The average Bonchev–Trinajstić information content (AvgIpc) is 2.93. The average molecular weight is 725 g/mol. The van der Waals surface area contributed by atoms with Crippen LogP contribution in [0.25, 0.3) is 0 Å². The second kappa shape index (κ2) is 19.0. The molecule has 0 aliphatic carbocycles. The second-order valence-corrected chi connectivity index (χ2v) is 12.2. The summed E-state index contributed by atoms with van der Waals surface area (Å²) < 4.78 is 43.5. The zero-order valence-electron chi connectivity index (χ0n) is 25.5. The van der Waals surface area contributed by atoms with Gasteiger partial charge in [0.05, 0.1) is 0 Å². The summed E-state index contributed by atoms with van der Waals surface area (Å²) in [7, 11) is 0. The van der Waals surface area contributed by atoms with Crippen LogP contribution in [0.5, 0.6) is 0 Å². The lowest BCUT2D eigenvalue weighted by Crippen LogP contribution is -2.59. The molecule has 0 aromatic rings. The third kappa shape index (κ3) is 13.0. The number of ether oxygens (including phenoxy) is 9. The summed E-state index contributed by atoms with van der Waals surface area (Å²) in [5, 5.41) is 17.5. The van der Waals surface area contributed by atoms with Crippen molar-refractivity contribution >= 4 is 77.5 Å². The normalized spacial score (nSPS) is 30.6. The van der Waals surface area contributed by atoms with Gasteiger partial charge in [-0.2, -0.15) is 0 Å². The Kier molecular flexibility index (Phi) is 17.0. The van der Waals surface area contributed by atoms with Crippen molar-refractivity contribution in [3.63, 3.8) is 0 Å². The van der Waals surface area contributed by atoms with Crippen LogP contribution in [0.3, 0.4) is 0 Å². The van der Waals surface area contributed by atoms with Crippen molar-refractivity contribution in [1.82, 2.24) is 0 Å². The zero-order chi connectivity index (χ0) is 35.4. The third-order valence-corrected chi connectivity index (χ3v) is 6.90. The minimum absolute atomic E-state index is 0.105. The van der Waals surface area contributed by atoms with Gasteiger partial charge in [-0.3, -0.25) is 34.2 Å². The Labute approximate surface area is 278 Å². The first-order chi connectivity index (χ1) is 21.3. The second-order valence-electron chi connectivity index (χ2n) is 9.93. The smallest absolute Gasteiger partial charge is 0.303 e. The third-order valence-electron chi connectivity index (χ3n) is 6.39. The molecule has 0 aromatic carbocycles. The number of aliphatic hydroxyl groups excluding tert-OH is 1. The predicted octanol–water partition coefficient (Wildman–Crippen LogP) is 1.12. The lowest BCUT2D eigenvalue weighted by atomic mass is 9.90. The molecule has 2 saturated heterocycles. The number of hydrogen-bond donors (Lipinski definition) is 2. The molecule has 2 N–H and O–H groups in total. The topological polar surface area (TPSA) is 230 Å². The lowest BCUT2D eigenvalue weighted by molar-refractivity contribution is -0.279. The van der Waals surface area contributed by atoms with E-state index in [1.807, 2.05) is 0 Å². The monoisotopic (exact) mass is 723 g/mol. The van der Waals surface area contributed by atoms with Crippen LogP contribution in [0, 0.1) is 17.2 Å². The van der Waals surface area contributed by atoms with Crippen molar-refractivity contribution < 1.29 is 76.5 Å². The van der Waals surface area contributed by atoms with Gasteiger partial charge in [-0.25, -0.2) is 0 Å². The first-order valence-corrected chi connectivity index (χ1v) is 14.6. The van der Waals surface area contributed by atoms with E-state index in [1.165, 1.54) is 20.8 Å². The van der Waals surface area contributed by atoms with Crippen molar-refractivity contribution in [2.75, 3.05) is 13.2 Å². The molecule has 0 saturated carbocycles. The molecular formula is C26H36Cl3NO16. The Bertz CT molecular complexity index is 1090. The van der Waals surface area contributed by atoms with E-state index in [0.29, 0.717) is 0 Å². The van der Waals surface area contributed by atoms with E-state index in [9.17, 15) is 33.9 Å². The molecule has 2 rings (SSSR count). The number of rotatable bonds is 11. The largest absolute Gasteiger partial charge is 0.465 e. The summed E-state index contributed by atoms with van der Waals surface area (Å²) in [5.41, 5.74) is 0. The fraction of sp³-hybridized carbons (Fsp3) is 0.731. The number of hydrogen-bond acceptors (Lipinski definition) is 17. The summed E-state index contributed by atoms with van der Waals surface area (Å²) in [6, 6.07) is 0. The molecule has 20 heteroatoms. The highest BCUT2D eigenvalue weighted by Gasteiger charge is 2.51. The number of carbonyl (C=O) groups excluding carboxylic acids is 6. The molecule has 1 unspecified atom stereocenters. The van der Waals surface area contributed by atoms with Crippen molar-refractivity contribution in [2.24, 2.45) is 11.8 Å². The Hall–Kier alpha value is -2.96. The number of carbonyl (C=O) groups is 6. The van der Waals surface area contributed by atoms with Crippen LogP contribution in [0.15, 0.2) is 0 Å². The van der Waals surface area contributed by atoms with Crippen LogP contribution in [-0.4, -0.2) is 114 Å². The Morgan fingerprint density at radius 3 is 1.46 bits per heavy atom. The van der Waals surface area contributed by atoms with Gasteiger partial charge in [0.1, 0.15) is 37.6 Å². The summed E-state index contributed by atoms with van der Waals surface area (Å²) in [4.78, 5) is 65.8. The zero-order valence-corrected chi connectivity index (χ0v) is 27.8. The van der Waals surface area contributed by atoms with Gasteiger partial charge in [-0.1, -0.05) is 48.7 Å². The van der Waals surface area contributed by atoms with Gasteiger partial charge < -0.3 is 47.7 Å². The molecule has 2 aliphatic rings. The molecule has 2 heterocycles. The van der Waals surface area contributed by atoms with Crippen molar-refractivity contribution in [3.8, 4) is 0 Å². The number of esters is 4. The number of alkyl halides is 3. The van der Waals surface area contributed by atoms with E-state index in [1.54, 1.807) is 13.8 Å². The summed E-state index contributed by atoms with van der Waals surface area (Å²) in [6.07, 6.45) is -8.66. The van der Waals surface area contributed by atoms with E-state index in [0.717, 1.165) is 6.92 Å². The summed E-state index contributed by atoms with van der Waals surface area (Å²) in [5.74, 6) is -4.36. The molecule has 46 heavy (non-hydrogen) atoms. The molecule has 2 fully saturated rings. The fourth-order valence-corrected chi connectivity index (χ4v) is 4.52. The van der Waals surface area contributed by atoms with Gasteiger partial charge in [0.2, 0.25) is 18.3 Å². The van der Waals surface area contributed by atoms with Gasteiger partial charge in [0.15, 0.2) is 12.4 Å². The van der Waals surface area contributed by atoms with E-state index in [-0.39, 0.29) is 26.2 Å². The predicted molar refractivity (Wildman–Crippen MR) is 153 cm³/mol. The molecule has 10 atom stereocenters. The first kappa shape index (κ1) is 41.1. The number of nitrogens with one attached hydrogen (secondary N) is 1. The van der Waals surface area contributed by atoms with Gasteiger partial charge in [0, 0.05) is 39.5 Å². The SMILES string of the molecule is CC(=O)O[C@H]1[C@@H](OC(=N)C(Cl)(Cl)Cl)O[C@H](COC=O)[C@@H](C)[C@@H]1OC(C)=O.CC(=O)O[C@H]1[C@H](C)[C@@H](COC=O)OC(O)[C@@H]1OC(C)=O. The highest BCUT2D eigenvalue weighted by Crippen LogP contribution is 2.35. The lowest BCUT2D eigenvalue weighted by Gasteiger charge is -2.43. The maximum atomic E-state index is 11.5. The Morgan fingerprint density at radius 2 is 1.07 bits per heavy atom. The molecule has 0 bridgehead atoms. The Balaban J connectivity index is 0.000000476. The van der Waals surface area contributed by atoms with Gasteiger partial charge in [-0.15, -0.1) is 0 Å². The van der Waals surface area contributed by atoms with E-state index in [4.69, 9.17) is 78.1 Å². The highest BCUT2D eigenvalue weighted by atomic mass is 35.6. The molecule has 17 nitrogen and oxygen atoms in total. The van der Waals surface area contributed by atoms with Crippen LogP contribution >= 0.6 is 34.8 Å². The Morgan fingerprint density at radius 1 is 0.696 bits per heavy atom. The minimum Gasteiger partial charge on any atom is -0.465 e. The van der Waals surface area contributed by atoms with Crippen LogP contribution in [0.4, 0.5) is 0 Å². The van der Waals surface area contributed by atoms with Gasteiger partial charge in [0.25, 0.3) is 16.7 Å². The molecule has 0 spiro atoms. The highest BCUT2D eigenvalue weighted by molar-refractivity contribution is 6.76. The van der Waals surface area contributed by atoms with Crippen molar-refractivity contribution in [1.29, 1.82) is 5.41 Å². The van der Waals surface area contributed by atoms with E-state index >= 15 is 0 Å². The van der Waals surface area contributed by atoms with Crippen LogP contribution in [0.2, 0.25) is 0 Å². The molecule has 2 aliphatic heterocycles. The van der Waals surface area contributed by atoms with Gasteiger partial charge in [-0.05, 0) is 0 Å².